The molecule has 0 unspecified atom stereocenters. The Balaban J connectivity index is 2.62. The van der Waals surface area contributed by atoms with Crippen molar-refractivity contribution in [3.05, 3.63) is 24.2 Å². The molecule has 0 radical (unpaired) electrons. The van der Waals surface area contributed by atoms with E-state index < -0.39 is 0 Å². The van der Waals surface area contributed by atoms with Crippen molar-refractivity contribution in [2.24, 2.45) is 0 Å². The Morgan fingerprint density at radius 1 is 1.25 bits per heavy atom. The molecule has 0 N–H and O–H groups in total. The van der Waals surface area contributed by atoms with Crippen LogP contribution in [0.15, 0.2) is 22.8 Å². The van der Waals surface area contributed by atoms with E-state index in [1.54, 1.807) is 20.5 Å². The third-order valence-electron chi connectivity index (χ3n) is 2.42. The fourth-order valence-electron chi connectivity index (χ4n) is 1.64. The molecule has 0 saturated heterocycles. The van der Waals surface area contributed by atoms with Crippen LogP contribution in [0.5, 0.6) is 11.5 Å². The zero-order valence-electron chi connectivity index (χ0n) is 9.11. The molecule has 0 saturated carbocycles. The van der Waals surface area contributed by atoms with Crippen molar-refractivity contribution in [1.29, 1.82) is 5.26 Å². The van der Waals surface area contributed by atoms with Gasteiger partial charge in [-0.15, -0.1) is 0 Å². The third kappa shape index (κ3) is 1.57. The molecule has 0 fully saturated rings. The van der Waals surface area contributed by atoms with Gasteiger partial charge in [-0.2, -0.15) is 5.26 Å². The predicted molar refractivity (Wildman–Crippen MR) is 58.6 cm³/mol. The molecule has 0 bridgehead atoms. The quantitative estimate of drug-likeness (QED) is 0.792. The van der Waals surface area contributed by atoms with Gasteiger partial charge in [0.05, 0.1) is 33.0 Å². The van der Waals surface area contributed by atoms with Gasteiger partial charge in [-0.1, -0.05) is 0 Å². The Labute approximate surface area is 93.0 Å². The van der Waals surface area contributed by atoms with Crippen LogP contribution in [0.4, 0.5) is 0 Å². The predicted octanol–water partition coefficient (Wildman–Crippen LogP) is 2.52. The first-order valence-electron chi connectivity index (χ1n) is 4.79. The summed E-state index contributed by atoms with van der Waals surface area (Å²) >= 11 is 0. The number of nitriles is 1. The Morgan fingerprint density at radius 3 is 2.56 bits per heavy atom. The first-order valence-corrected chi connectivity index (χ1v) is 4.79. The third-order valence-corrected chi connectivity index (χ3v) is 2.42. The first-order chi connectivity index (χ1) is 7.80. The number of benzene rings is 1. The van der Waals surface area contributed by atoms with E-state index in [0.29, 0.717) is 17.3 Å². The highest BCUT2D eigenvalue weighted by Gasteiger charge is 2.11. The molecule has 1 heterocycles. The summed E-state index contributed by atoms with van der Waals surface area (Å²) in [6.07, 6.45) is 1.86. The second-order valence-electron chi connectivity index (χ2n) is 3.29. The average molecular weight is 217 g/mol. The van der Waals surface area contributed by atoms with E-state index >= 15 is 0 Å². The maximum absolute atomic E-state index is 8.66. The molecule has 0 spiro atoms. The molecule has 0 aliphatic carbocycles. The van der Waals surface area contributed by atoms with Gasteiger partial charge in [0.25, 0.3) is 0 Å². The molecule has 82 valence electrons. The summed E-state index contributed by atoms with van der Waals surface area (Å²) in [4.78, 5) is 0. The molecular weight excluding hydrogens is 206 g/mol. The Morgan fingerprint density at radius 2 is 1.94 bits per heavy atom. The zero-order valence-corrected chi connectivity index (χ0v) is 9.11. The lowest BCUT2D eigenvalue weighted by Gasteiger charge is -2.06. The molecule has 2 aromatic rings. The lowest BCUT2D eigenvalue weighted by atomic mass is 10.1. The highest BCUT2D eigenvalue weighted by molar-refractivity contribution is 5.87. The normalized spacial score (nSPS) is 10.1. The second-order valence-corrected chi connectivity index (χ2v) is 3.29. The number of methoxy groups -OCH3 is 2. The summed E-state index contributed by atoms with van der Waals surface area (Å²) in [5, 5.41) is 10.5. The standard InChI is InChI=1S/C12H11NO3/c1-14-11-5-8-7-16-10(3-4-13)9(8)6-12(11)15-2/h5-7H,3H2,1-2H3. The first kappa shape index (κ1) is 10.4. The Kier molecular flexibility index (Phi) is 2.69. The van der Waals surface area contributed by atoms with Gasteiger partial charge < -0.3 is 13.9 Å². The number of rotatable bonds is 3. The zero-order chi connectivity index (χ0) is 11.5. The van der Waals surface area contributed by atoms with E-state index in [4.69, 9.17) is 19.2 Å². The minimum absolute atomic E-state index is 0.249. The Hall–Kier alpha value is -2.15. The minimum atomic E-state index is 0.249. The van der Waals surface area contributed by atoms with E-state index in [1.807, 2.05) is 12.1 Å². The molecule has 1 aromatic heterocycles. The molecule has 2 rings (SSSR count). The van der Waals surface area contributed by atoms with Gasteiger partial charge in [0, 0.05) is 10.8 Å². The number of fused-ring (bicyclic) bond motifs is 1. The number of furan rings is 1. The van der Waals surface area contributed by atoms with E-state index in [1.165, 1.54) is 0 Å². The summed E-state index contributed by atoms with van der Waals surface area (Å²) in [5.41, 5.74) is 0. The van der Waals surface area contributed by atoms with Gasteiger partial charge in [-0.25, -0.2) is 0 Å². The molecule has 0 amide bonds. The highest BCUT2D eigenvalue weighted by Crippen LogP contribution is 2.34. The largest absolute Gasteiger partial charge is 0.493 e. The number of nitrogens with zero attached hydrogens (tertiary/aromatic N) is 1. The molecule has 1 aromatic carbocycles. The van der Waals surface area contributed by atoms with Crippen molar-refractivity contribution in [3.8, 4) is 17.6 Å². The average Bonchev–Trinajstić information content (AvgIpc) is 2.70. The molecule has 0 atom stereocenters. The van der Waals surface area contributed by atoms with Crippen molar-refractivity contribution >= 4 is 10.8 Å². The van der Waals surface area contributed by atoms with Crippen molar-refractivity contribution in [2.45, 2.75) is 6.42 Å². The van der Waals surface area contributed by atoms with E-state index in [9.17, 15) is 0 Å². The van der Waals surface area contributed by atoms with Crippen molar-refractivity contribution in [3.63, 3.8) is 0 Å². The summed E-state index contributed by atoms with van der Waals surface area (Å²) in [6.45, 7) is 0. The maximum Gasteiger partial charge on any atom is 0.161 e. The van der Waals surface area contributed by atoms with Gasteiger partial charge >= 0.3 is 0 Å². The van der Waals surface area contributed by atoms with Crippen molar-refractivity contribution < 1.29 is 13.9 Å². The summed E-state index contributed by atoms with van der Waals surface area (Å²) in [5.74, 6) is 1.94. The molecule has 0 aliphatic heterocycles. The van der Waals surface area contributed by atoms with Gasteiger partial charge in [0.2, 0.25) is 0 Å². The van der Waals surface area contributed by atoms with Gasteiger partial charge in [-0.3, -0.25) is 0 Å². The van der Waals surface area contributed by atoms with Crippen LogP contribution in [0.2, 0.25) is 0 Å². The van der Waals surface area contributed by atoms with Crippen molar-refractivity contribution in [1.82, 2.24) is 0 Å². The van der Waals surface area contributed by atoms with Crippen molar-refractivity contribution in [2.75, 3.05) is 14.2 Å². The van der Waals surface area contributed by atoms with Crippen LogP contribution >= 0.6 is 0 Å². The lowest BCUT2D eigenvalue weighted by molar-refractivity contribution is 0.356. The van der Waals surface area contributed by atoms with E-state index in [2.05, 4.69) is 6.07 Å². The Bertz CT molecular complexity index is 551. The number of hydrogen-bond acceptors (Lipinski definition) is 4. The summed E-state index contributed by atoms with van der Waals surface area (Å²) < 4.78 is 15.7. The van der Waals surface area contributed by atoms with Gasteiger partial charge in [0.15, 0.2) is 11.5 Å². The second kappa shape index (κ2) is 4.15. The number of ether oxygens (including phenoxy) is 2. The maximum atomic E-state index is 8.66. The molecule has 16 heavy (non-hydrogen) atoms. The monoisotopic (exact) mass is 217 g/mol. The van der Waals surface area contributed by atoms with Crippen LogP contribution in [0.3, 0.4) is 0 Å². The molecule has 4 nitrogen and oxygen atoms in total. The van der Waals surface area contributed by atoms with E-state index in [0.717, 1.165) is 10.8 Å². The van der Waals surface area contributed by atoms with E-state index in [-0.39, 0.29) is 6.42 Å². The number of hydrogen-bond donors (Lipinski definition) is 0. The van der Waals surface area contributed by atoms with Gasteiger partial charge in [-0.05, 0) is 12.1 Å². The highest BCUT2D eigenvalue weighted by atomic mass is 16.5. The smallest absolute Gasteiger partial charge is 0.161 e. The topological polar surface area (TPSA) is 55.4 Å². The van der Waals surface area contributed by atoms with Crippen LogP contribution < -0.4 is 9.47 Å². The fraction of sp³-hybridized carbons (Fsp3) is 0.250. The molecule has 0 aliphatic rings. The summed E-state index contributed by atoms with van der Waals surface area (Å²) in [6, 6.07) is 5.72. The minimum Gasteiger partial charge on any atom is -0.493 e. The SMILES string of the molecule is COc1cc2coc(CC#N)c2cc1OC. The lowest BCUT2D eigenvalue weighted by Crippen LogP contribution is -1.90. The molecular formula is C12H11NO3. The van der Waals surface area contributed by atoms with Crippen LogP contribution in [0, 0.1) is 11.3 Å². The molecule has 4 heteroatoms. The van der Waals surface area contributed by atoms with Gasteiger partial charge in [0.1, 0.15) is 5.76 Å². The van der Waals surface area contributed by atoms with Crippen LogP contribution in [-0.4, -0.2) is 14.2 Å². The van der Waals surface area contributed by atoms with Crippen LogP contribution in [0.25, 0.3) is 10.8 Å². The van der Waals surface area contributed by atoms with Crippen LogP contribution in [0.1, 0.15) is 5.76 Å². The fourth-order valence-corrected chi connectivity index (χ4v) is 1.64. The summed E-state index contributed by atoms with van der Waals surface area (Å²) in [7, 11) is 3.16. The van der Waals surface area contributed by atoms with Crippen LogP contribution in [-0.2, 0) is 6.42 Å².